The average molecular weight is 348 g/mol. The van der Waals surface area contributed by atoms with Crippen molar-refractivity contribution in [1.29, 1.82) is 0 Å². The van der Waals surface area contributed by atoms with Crippen LogP contribution in [0.2, 0.25) is 0 Å². The van der Waals surface area contributed by atoms with Crippen molar-refractivity contribution in [3.8, 4) is 11.3 Å². The van der Waals surface area contributed by atoms with Crippen molar-refractivity contribution < 1.29 is 14.7 Å². The van der Waals surface area contributed by atoms with E-state index in [0.29, 0.717) is 5.13 Å². The first-order valence-electron chi connectivity index (χ1n) is 7.79. The van der Waals surface area contributed by atoms with Crippen LogP contribution in [0.3, 0.4) is 0 Å². The van der Waals surface area contributed by atoms with E-state index in [1.165, 1.54) is 11.3 Å². The highest BCUT2D eigenvalue weighted by Crippen LogP contribution is 2.58. The lowest BCUT2D eigenvalue weighted by atomic mass is 10.1. The molecule has 2 aromatic rings. The lowest BCUT2D eigenvalue weighted by Gasteiger charge is -2.02. The maximum Gasteiger partial charge on any atom is 0.307 e. The van der Waals surface area contributed by atoms with Crippen molar-refractivity contribution in [2.45, 2.75) is 34.2 Å². The first-order chi connectivity index (χ1) is 11.3. The molecule has 2 atom stereocenters. The molecule has 0 aromatic carbocycles. The summed E-state index contributed by atoms with van der Waals surface area (Å²) in [6.45, 7) is 8.38. The zero-order valence-corrected chi connectivity index (χ0v) is 14.8. The number of nitrogens with one attached hydrogen (secondary N) is 1. The number of nitrogens with zero attached hydrogens (tertiary/aromatic N) is 3. The lowest BCUT2D eigenvalue weighted by molar-refractivity contribution is -0.140. The number of aromatic nitrogens is 3. The van der Waals surface area contributed by atoms with Gasteiger partial charge in [0.25, 0.3) is 0 Å². The molecule has 2 heterocycles. The van der Waals surface area contributed by atoms with Crippen LogP contribution in [-0.2, 0) is 16.1 Å². The number of carboxylic acids is 1. The van der Waals surface area contributed by atoms with Crippen molar-refractivity contribution in [2.75, 3.05) is 5.32 Å². The van der Waals surface area contributed by atoms with Crippen molar-refractivity contribution in [3.63, 3.8) is 0 Å². The summed E-state index contributed by atoms with van der Waals surface area (Å²) in [6, 6.07) is 0. The monoisotopic (exact) mass is 348 g/mol. The second-order valence-electron chi connectivity index (χ2n) is 6.60. The van der Waals surface area contributed by atoms with E-state index in [-0.39, 0.29) is 5.91 Å². The van der Waals surface area contributed by atoms with Crippen LogP contribution in [0, 0.1) is 24.2 Å². The Balaban J connectivity index is 1.74. The van der Waals surface area contributed by atoms with Crippen LogP contribution in [0.1, 0.15) is 26.5 Å². The van der Waals surface area contributed by atoms with Crippen LogP contribution in [0.4, 0.5) is 5.13 Å². The number of thiazole rings is 1. The normalized spacial score (nSPS) is 21.5. The summed E-state index contributed by atoms with van der Waals surface area (Å²) in [5.41, 5.74) is 2.20. The molecule has 8 heteroatoms. The molecule has 0 aliphatic heterocycles. The molecule has 1 fully saturated rings. The summed E-state index contributed by atoms with van der Waals surface area (Å²) in [6.07, 6.45) is 1.77. The number of carboxylic acid groups (broad SMARTS) is 1. The molecule has 0 radical (unpaired) electrons. The average Bonchev–Trinajstić information content (AvgIpc) is 2.82. The number of carbonyl (C=O) groups excluding carboxylic acids is 1. The Morgan fingerprint density at radius 1 is 1.42 bits per heavy atom. The van der Waals surface area contributed by atoms with Gasteiger partial charge in [0.05, 0.1) is 23.7 Å². The van der Waals surface area contributed by atoms with Crippen LogP contribution >= 0.6 is 11.3 Å². The Labute approximate surface area is 143 Å². The molecular weight excluding hydrogens is 328 g/mol. The van der Waals surface area contributed by atoms with Crippen LogP contribution < -0.4 is 5.32 Å². The van der Waals surface area contributed by atoms with E-state index in [0.717, 1.165) is 23.5 Å². The van der Waals surface area contributed by atoms with Gasteiger partial charge in [0.1, 0.15) is 0 Å². The summed E-state index contributed by atoms with van der Waals surface area (Å²) in [4.78, 5) is 28.0. The van der Waals surface area contributed by atoms with Crippen LogP contribution in [0.5, 0.6) is 0 Å². The molecule has 0 spiro atoms. The minimum absolute atomic E-state index is 0.283. The highest BCUT2D eigenvalue weighted by molar-refractivity contribution is 7.14. The van der Waals surface area contributed by atoms with E-state index in [2.05, 4.69) is 15.4 Å². The minimum Gasteiger partial charge on any atom is -0.481 e. The van der Waals surface area contributed by atoms with Gasteiger partial charge in [-0.3, -0.25) is 14.3 Å². The Morgan fingerprint density at radius 2 is 2.12 bits per heavy atom. The molecular formula is C16H20N4O3S. The Kier molecular flexibility index (Phi) is 3.95. The molecule has 1 amide bonds. The number of hydrogen-bond acceptors (Lipinski definition) is 5. The predicted octanol–water partition coefficient (Wildman–Crippen LogP) is 2.63. The van der Waals surface area contributed by atoms with Crippen LogP contribution in [-0.4, -0.2) is 31.7 Å². The van der Waals surface area contributed by atoms with Gasteiger partial charge in [-0.25, -0.2) is 4.98 Å². The van der Waals surface area contributed by atoms with E-state index in [1.54, 1.807) is 20.0 Å². The largest absolute Gasteiger partial charge is 0.481 e. The molecule has 128 valence electrons. The fourth-order valence-corrected chi connectivity index (χ4v) is 3.96. The van der Waals surface area contributed by atoms with Gasteiger partial charge in [-0.1, -0.05) is 13.8 Å². The summed E-state index contributed by atoms with van der Waals surface area (Å²) >= 11 is 1.33. The van der Waals surface area contributed by atoms with Crippen molar-refractivity contribution in [2.24, 2.45) is 17.3 Å². The third kappa shape index (κ3) is 2.60. The molecule has 0 bridgehead atoms. The highest BCUT2D eigenvalue weighted by atomic mass is 32.1. The van der Waals surface area contributed by atoms with Gasteiger partial charge in [0.15, 0.2) is 5.13 Å². The predicted molar refractivity (Wildman–Crippen MR) is 90.8 cm³/mol. The van der Waals surface area contributed by atoms with Crippen LogP contribution in [0.15, 0.2) is 11.6 Å². The Morgan fingerprint density at radius 3 is 2.67 bits per heavy atom. The number of rotatable bonds is 5. The molecule has 1 saturated carbocycles. The van der Waals surface area contributed by atoms with Gasteiger partial charge in [0, 0.05) is 23.2 Å². The van der Waals surface area contributed by atoms with Gasteiger partial charge in [0.2, 0.25) is 5.91 Å². The quantitative estimate of drug-likeness (QED) is 0.866. The zero-order chi connectivity index (χ0) is 17.6. The topological polar surface area (TPSA) is 97.1 Å². The lowest BCUT2D eigenvalue weighted by Crippen LogP contribution is -2.17. The van der Waals surface area contributed by atoms with Gasteiger partial charge in [-0.15, -0.1) is 11.3 Å². The van der Waals surface area contributed by atoms with Gasteiger partial charge in [-0.05, 0) is 19.3 Å². The molecule has 2 aromatic heterocycles. The molecule has 2 N–H and O–H groups in total. The molecule has 7 nitrogen and oxygen atoms in total. The fourth-order valence-electron chi connectivity index (χ4n) is 3.24. The summed E-state index contributed by atoms with van der Waals surface area (Å²) in [7, 11) is 0. The highest BCUT2D eigenvalue weighted by Gasteiger charge is 2.66. The maximum absolute atomic E-state index is 12.3. The number of hydrogen-bond donors (Lipinski definition) is 2. The van der Waals surface area contributed by atoms with Gasteiger partial charge < -0.3 is 10.4 Å². The molecule has 3 rings (SSSR count). The van der Waals surface area contributed by atoms with E-state index in [9.17, 15) is 14.7 Å². The first-order valence-corrected chi connectivity index (χ1v) is 8.67. The van der Waals surface area contributed by atoms with Crippen molar-refractivity contribution >= 4 is 28.3 Å². The number of aryl methyl sites for hydroxylation is 1. The second-order valence-corrected chi connectivity index (χ2v) is 7.46. The fraction of sp³-hybridized carbons (Fsp3) is 0.500. The van der Waals surface area contributed by atoms with E-state index >= 15 is 0 Å². The summed E-state index contributed by atoms with van der Waals surface area (Å²) < 4.78 is 1.89. The molecule has 24 heavy (non-hydrogen) atoms. The van der Waals surface area contributed by atoms with E-state index in [4.69, 9.17) is 0 Å². The Bertz CT molecular complexity index is 808. The molecule has 0 saturated heterocycles. The second kappa shape index (κ2) is 5.70. The standard InChI is InChI=1S/C16H20N4O3S/c1-5-20-8(2)9(6-17-20)10-7-24-15(18-10)19-13(21)11-12(14(22)23)16(11,3)4/h6-7,11-12H,5H2,1-4H3,(H,22,23)(H,18,19,21)/t11-,12-/m1/s1. The number of carbonyl (C=O) groups is 2. The molecule has 1 aliphatic rings. The van der Waals surface area contributed by atoms with E-state index < -0.39 is 23.2 Å². The summed E-state index contributed by atoms with van der Waals surface area (Å²) in [5, 5.41) is 18.6. The third-order valence-corrected chi connectivity index (χ3v) is 5.55. The van der Waals surface area contributed by atoms with E-state index in [1.807, 2.05) is 23.9 Å². The zero-order valence-electron chi connectivity index (χ0n) is 14.0. The number of amides is 1. The molecule has 1 aliphatic carbocycles. The van der Waals surface area contributed by atoms with Crippen molar-refractivity contribution in [1.82, 2.24) is 14.8 Å². The SMILES string of the molecule is CCn1ncc(-c2csc(NC(=O)[C@H]3[C@H](C(=O)O)C3(C)C)n2)c1C. The number of aliphatic carboxylic acids is 1. The smallest absolute Gasteiger partial charge is 0.307 e. The van der Waals surface area contributed by atoms with Crippen molar-refractivity contribution in [3.05, 3.63) is 17.3 Å². The minimum atomic E-state index is -0.928. The Hall–Kier alpha value is -2.22. The van der Waals surface area contributed by atoms with Crippen LogP contribution in [0.25, 0.3) is 11.3 Å². The van der Waals surface area contributed by atoms with Gasteiger partial charge >= 0.3 is 5.97 Å². The molecule has 0 unspecified atom stereocenters. The number of anilines is 1. The van der Waals surface area contributed by atoms with Gasteiger partial charge in [-0.2, -0.15) is 5.10 Å². The summed E-state index contributed by atoms with van der Waals surface area (Å²) in [5.74, 6) is -2.37. The first kappa shape index (κ1) is 16.6. The third-order valence-electron chi connectivity index (χ3n) is 4.79. The maximum atomic E-state index is 12.3.